The molecule has 1 amide bonds. The minimum absolute atomic E-state index is 0.130. The Morgan fingerprint density at radius 1 is 1.60 bits per heavy atom. The summed E-state index contributed by atoms with van der Waals surface area (Å²) in [6.07, 6.45) is 5.05. The first-order valence-electron chi connectivity index (χ1n) is 6.86. The van der Waals surface area contributed by atoms with Gasteiger partial charge in [0.1, 0.15) is 0 Å². The van der Waals surface area contributed by atoms with Crippen molar-refractivity contribution in [3.05, 3.63) is 30.1 Å². The lowest BCUT2D eigenvalue weighted by Crippen LogP contribution is -2.35. The van der Waals surface area contributed by atoms with Crippen LogP contribution in [0.2, 0.25) is 0 Å². The van der Waals surface area contributed by atoms with Crippen LogP contribution in [0.5, 0.6) is 0 Å². The van der Waals surface area contributed by atoms with Gasteiger partial charge in [-0.15, -0.1) is 0 Å². The molecule has 1 saturated carbocycles. The maximum atomic E-state index is 12.6. The van der Waals surface area contributed by atoms with Gasteiger partial charge in [-0.3, -0.25) is 9.78 Å². The monoisotopic (exact) mass is 291 g/mol. The largest absolute Gasteiger partial charge is 0.393 e. The maximum Gasteiger partial charge on any atom is 0.226 e. The summed E-state index contributed by atoms with van der Waals surface area (Å²) in [6, 6.07) is 3.86. The zero-order valence-electron chi connectivity index (χ0n) is 12.0. The van der Waals surface area contributed by atoms with Crippen LogP contribution in [-0.2, 0) is 11.3 Å². The fourth-order valence-electron chi connectivity index (χ4n) is 2.33. The highest BCUT2D eigenvalue weighted by Crippen LogP contribution is 2.52. The highest BCUT2D eigenvalue weighted by molar-refractivity contribution is 7.80. The van der Waals surface area contributed by atoms with E-state index in [0.29, 0.717) is 24.5 Å². The van der Waals surface area contributed by atoms with Crippen LogP contribution < -0.4 is 5.73 Å². The SMILES string of the molecule is CC1(C)CC1C(=O)N(CCC(N)=S)Cc1cccnc1. The van der Waals surface area contributed by atoms with Gasteiger partial charge in [0.25, 0.3) is 0 Å². The Labute approximate surface area is 125 Å². The third-order valence-electron chi connectivity index (χ3n) is 3.85. The Morgan fingerprint density at radius 2 is 2.30 bits per heavy atom. The molecule has 108 valence electrons. The number of carbonyl (C=O) groups is 1. The minimum Gasteiger partial charge on any atom is -0.393 e. The molecule has 20 heavy (non-hydrogen) atoms. The molecule has 1 unspecified atom stereocenters. The van der Waals surface area contributed by atoms with Crippen LogP contribution in [0, 0.1) is 11.3 Å². The lowest BCUT2D eigenvalue weighted by Gasteiger charge is -2.23. The predicted octanol–water partition coefficient (Wildman–Crippen LogP) is 2.13. The van der Waals surface area contributed by atoms with E-state index >= 15 is 0 Å². The van der Waals surface area contributed by atoms with E-state index in [0.717, 1.165) is 12.0 Å². The van der Waals surface area contributed by atoms with E-state index in [1.165, 1.54) is 0 Å². The maximum absolute atomic E-state index is 12.6. The molecular formula is C15H21N3OS. The van der Waals surface area contributed by atoms with Crippen molar-refractivity contribution in [2.45, 2.75) is 33.2 Å². The molecule has 1 aliphatic carbocycles. The van der Waals surface area contributed by atoms with Gasteiger partial charge in [0.15, 0.2) is 0 Å². The molecule has 2 N–H and O–H groups in total. The van der Waals surface area contributed by atoms with Crippen molar-refractivity contribution >= 4 is 23.1 Å². The summed E-state index contributed by atoms with van der Waals surface area (Å²) in [5, 5.41) is 0. The van der Waals surface area contributed by atoms with E-state index in [1.54, 1.807) is 12.4 Å². The van der Waals surface area contributed by atoms with Crippen molar-refractivity contribution < 1.29 is 4.79 Å². The quantitative estimate of drug-likeness (QED) is 0.816. The van der Waals surface area contributed by atoms with Crippen LogP contribution in [0.3, 0.4) is 0 Å². The Kier molecular flexibility index (Phi) is 4.38. The Bertz CT molecular complexity index is 501. The molecule has 1 aliphatic rings. The molecule has 1 aromatic rings. The van der Waals surface area contributed by atoms with E-state index in [1.807, 2.05) is 17.0 Å². The van der Waals surface area contributed by atoms with Crippen molar-refractivity contribution in [1.29, 1.82) is 0 Å². The van der Waals surface area contributed by atoms with Gasteiger partial charge in [0.05, 0.1) is 4.99 Å². The number of amides is 1. The first kappa shape index (κ1) is 14.9. The molecule has 0 saturated heterocycles. The summed E-state index contributed by atoms with van der Waals surface area (Å²) in [5.41, 5.74) is 6.72. The molecule has 1 aromatic heterocycles. The van der Waals surface area contributed by atoms with Gasteiger partial charge in [0, 0.05) is 37.8 Å². The summed E-state index contributed by atoms with van der Waals surface area (Å²) in [5.74, 6) is 0.334. The highest BCUT2D eigenvalue weighted by Gasteiger charge is 2.51. The zero-order chi connectivity index (χ0) is 14.8. The topological polar surface area (TPSA) is 59.2 Å². The number of rotatable bonds is 6. The Hall–Kier alpha value is -1.49. The van der Waals surface area contributed by atoms with Gasteiger partial charge in [-0.05, 0) is 23.5 Å². The van der Waals surface area contributed by atoms with Gasteiger partial charge in [-0.25, -0.2) is 0 Å². The number of nitrogens with two attached hydrogens (primary N) is 1. The van der Waals surface area contributed by atoms with E-state index < -0.39 is 0 Å². The van der Waals surface area contributed by atoms with Crippen molar-refractivity contribution in [2.75, 3.05) is 6.54 Å². The van der Waals surface area contributed by atoms with Crippen molar-refractivity contribution in [2.24, 2.45) is 17.1 Å². The lowest BCUT2D eigenvalue weighted by molar-refractivity contribution is -0.133. The standard InChI is InChI=1S/C15H21N3OS/c1-15(2)8-12(15)14(19)18(7-5-13(16)20)10-11-4-3-6-17-9-11/h3-4,6,9,12H,5,7-8,10H2,1-2H3,(H2,16,20). The molecule has 4 nitrogen and oxygen atoms in total. The van der Waals surface area contributed by atoms with Gasteiger partial charge < -0.3 is 10.6 Å². The number of pyridine rings is 1. The third-order valence-corrected chi connectivity index (χ3v) is 4.05. The van der Waals surface area contributed by atoms with Crippen LogP contribution in [-0.4, -0.2) is 27.3 Å². The lowest BCUT2D eigenvalue weighted by atomic mass is 10.1. The summed E-state index contributed by atoms with van der Waals surface area (Å²) < 4.78 is 0. The van der Waals surface area contributed by atoms with E-state index in [2.05, 4.69) is 18.8 Å². The van der Waals surface area contributed by atoms with Gasteiger partial charge in [0.2, 0.25) is 5.91 Å². The summed E-state index contributed by atoms with van der Waals surface area (Å²) >= 11 is 4.92. The highest BCUT2D eigenvalue weighted by atomic mass is 32.1. The number of carbonyl (C=O) groups excluding carboxylic acids is 1. The fraction of sp³-hybridized carbons (Fsp3) is 0.533. The van der Waals surface area contributed by atoms with E-state index in [4.69, 9.17) is 18.0 Å². The second kappa shape index (κ2) is 5.87. The molecular weight excluding hydrogens is 270 g/mol. The van der Waals surface area contributed by atoms with Crippen molar-refractivity contribution in [3.8, 4) is 0 Å². The molecule has 2 rings (SSSR count). The summed E-state index contributed by atoms with van der Waals surface area (Å²) in [7, 11) is 0. The van der Waals surface area contributed by atoms with Crippen LogP contribution in [0.1, 0.15) is 32.3 Å². The Balaban J connectivity index is 2.04. The van der Waals surface area contributed by atoms with E-state index in [9.17, 15) is 4.79 Å². The average molecular weight is 291 g/mol. The number of aromatic nitrogens is 1. The molecule has 0 bridgehead atoms. The van der Waals surface area contributed by atoms with Crippen LogP contribution in [0.25, 0.3) is 0 Å². The molecule has 1 atom stereocenters. The number of hydrogen-bond acceptors (Lipinski definition) is 3. The average Bonchev–Trinajstić information content (AvgIpc) is 3.04. The number of thiocarbonyl (C=S) groups is 1. The third kappa shape index (κ3) is 3.76. The Morgan fingerprint density at radius 3 is 2.80 bits per heavy atom. The van der Waals surface area contributed by atoms with Crippen LogP contribution in [0.15, 0.2) is 24.5 Å². The van der Waals surface area contributed by atoms with Gasteiger partial charge >= 0.3 is 0 Å². The van der Waals surface area contributed by atoms with Gasteiger partial charge in [-0.2, -0.15) is 0 Å². The molecule has 0 aliphatic heterocycles. The smallest absolute Gasteiger partial charge is 0.226 e. The minimum atomic E-state index is 0.130. The van der Waals surface area contributed by atoms with Crippen molar-refractivity contribution in [3.63, 3.8) is 0 Å². The van der Waals surface area contributed by atoms with Crippen molar-refractivity contribution in [1.82, 2.24) is 9.88 Å². The predicted molar refractivity (Wildman–Crippen MR) is 82.9 cm³/mol. The first-order valence-corrected chi connectivity index (χ1v) is 7.27. The zero-order valence-corrected chi connectivity index (χ0v) is 12.8. The molecule has 0 radical (unpaired) electrons. The molecule has 5 heteroatoms. The normalized spacial score (nSPS) is 19.4. The second-order valence-electron chi connectivity index (χ2n) is 6.08. The fourth-order valence-corrected chi connectivity index (χ4v) is 2.42. The summed E-state index contributed by atoms with van der Waals surface area (Å²) in [6.45, 7) is 5.41. The number of hydrogen-bond donors (Lipinski definition) is 1. The number of nitrogens with zero attached hydrogens (tertiary/aromatic N) is 2. The summed E-state index contributed by atoms with van der Waals surface area (Å²) in [4.78, 5) is 19.0. The first-order chi connectivity index (χ1) is 9.40. The van der Waals surface area contributed by atoms with Crippen LogP contribution in [0.4, 0.5) is 0 Å². The van der Waals surface area contributed by atoms with E-state index in [-0.39, 0.29) is 17.2 Å². The molecule has 1 heterocycles. The molecule has 1 fully saturated rings. The van der Waals surface area contributed by atoms with Crippen LogP contribution >= 0.6 is 12.2 Å². The second-order valence-corrected chi connectivity index (χ2v) is 6.61. The van der Waals surface area contributed by atoms with Gasteiger partial charge in [-0.1, -0.05) is 32.1 Å². The molecule has 0 spiro atoms. The molecule has 0 aromatic carbocycles.